The lowest BCUT2D eigenvalue weighted by Crippen LogP contribution is -2.46. The van der Waals surface area contributed by atoms with Crippen LogP contribution in [0.25, 0.3) is 6.08 Å². The average molecular weight is 558 g/mol. The first-order chi connectivity index (χ1) is 20.0. The Morgan fingerprint density at radius 3 is 2.00 bits per heavy atom. The molecule has 218 valence electrons. The minimum absolute atomic E-state index is 0.0576. The smallest absolute Gasteiger partial charge is 0.254 e. The second kappa shape index (κ2) is 15.3. The molecule has 3 aromatic carbocycles. The van der Waals surface area contributed by atoms with Gasteiger partial charge in [-0.3, -0.25) is 9.69 Å². The Labute approximate surface area is 244 Å². The third-order valence-corrected chi connectivity index (χ3v) is 7.47. The van der Waals surface area contributed by atoms with E-state index >= 15 is 0 Å². The van der Waals surface area contributed by atoms with Crippen molar-refractivity contribution in [2.24, 2.45) is 0 Å². The molecule has 0 aliphatic carbocycles. The van der Waals surface area contributed by atoms with Gasteiger partial charge in [0.2, 0.25) is 5.75 Å². The molecule has 0 N–H and O–H groups in total. The maximum Gasteiger partial charge on any atom is 0.254 e. The predicted molar refractivity (Wildman–Crippen MR) is 165 cm³/mol. The van der Waals surface area contributed by atoms with Crippen LogP contribution in [0.2, 0.25) is 0 Å². The zero-order chi connectivity index (χ0) is 29.0. The van der Waals surface area contributed by atoms with Gasteiger partial charge in [-0.15, -0.1) is 0 Å². The Kier molecular flexibility index (Phi) is 11.2. The summed E-state index contributed by atoms with van der Waals surface area (Å²) in [5.74, 6) is 1.36. The second-order valence-corrected chi connectivity index (χ2v) is 10.5. The van der Waals surface area contributed by atoms with E-state index < -0.39 is 0 Å². The monoisotopic (exact) mass is 557 g/mol. The highest BCUT2D eigenvalue weighted by molar-refractivity contribution is 5.96. The molecule has 0 radical (unpaired) electrons. The lowest BCUT2D eigenvalue weighted by atomic mass is 10.1. The summed E-state index contributed by atoms with van der Waals surface area (Å²) in [6.07, 6.45) is 3.04. The molecular formula is C34H43N3O4. The second-order valence-electron chi connectivity index (χ2n) is 10.5. The van der Waals surface area contributed by atoms with Crippen LogP contribution < -0.4 is 14.2 Å². The average Bonchev–Trinajstić information content (AvgIpc) is 3.01. The van der Waals surface area contributed by atoms with Crippen molar-refractivity contribution in [1.29, 1.82) is 0 Å². The van der Waals surface area contributed by atoms with E-state index in [1.165, 1.54) is 5.56 Å². The Bertz CT molecular complexity index is 1250. The van der Waals surface area contributed by atoms with Crippen LogP contribution in [0.4, 0.5) is 0 Å². The topological polar surface area (TPSA) is 54.5 Å². The molecule has 0 saturated carbocycles. The van der Waals surface area contributed by atoms with Crippen LogP contribution in [0.3, 0.4) is 0 Å². The van der Waals surface area contributed by atoms with E-state index in [0.29, 0.717) is 35.9 Å². The van der Waals surface area contributed by atoms with Gasteiger partial charge >= 0.3 is 0 Å². The summed E-state index contributed by atoms with van der Waals surface area (Å²) in [6.45, 7) is 9.42. The Morgan fingerprint density at radius 1 is 0.829 bits per heavy atom. The van der Waals surface area contributed by atoms with Crippen molar-refractivity contribution in [2.45, 2.75) is 19.9 Å². The molecular weight excluding hydrogens is 514 g/mol. The maximum atomic E-state index is 13.9. The molecule has 0 bridgehead atoms. The normalized spacial score (nSPS) is 14.5. The summed E-state index contributed by atoms with van der Waals surface area (Å²) in [5.41, 5.74) is 4.12. The molecule has 0 atom stereocenters. The van der Waals surface area contributed by atoms with Crippen molar-refractivity contribution in [3.8, 4) is 17.2 Å². The van der Waals surface area contributed by atoms with Crippen LogP contribution in [0.15, 0.2) is 78.4 Å². The Balaban J connectivity index is 1.42. The van der Waals surface area contributed by atoms with Gasteiger partial charge in [0.05, 0.1) is 21.3 Å². The van der Waals surface area contributed by atoms with E-state index in [4.69, 9.17) is 14.2 Å². The van der Waals surface area contributed by atoms with Gasteiger partial charge in [-0.05, 0) is 43.1 Å². The van der Waals surface area contributed by atoms with E-state index in [0.717, 1.165) is 56.8 Å². The zero-order valence-electron chi connectivity index (χ0n) is 24.8. The highest BCUT2D eigenvalue weighted by Crippen LogP contribution is 2.38. The van der Waals surface area contributed by atoms with Crippen LogP contribution in [-0.2, 0) is 6.54 Å². The third kappa shape index (κ3) is 8.59. The third-order valence-electron chi connectivity index (χ3n) is 7.47. The van der Waals surface area contributed by atoms with Gasteiger partial charge in [-0.2, -0.15) is 0 Å². The summed E-state index contributed by atoms with van der Waals surface area (Å²) >= 11 is 0. The van der Waals surface area contributed by atoms with Gasteiger partial charge < -0.3 is 24.0 Å². The molecule has 1 aliphatic heterocycles. The molecule has 7 nitrogen and oxygen atoms in total. The molecule has 1 fully saturated rings. The molecule has 41 heavy (non-hydrogen) atoms. The number of carbonyl (C=O) groups excluding carboxylic acids is 1. The van der Waals surface area contributed by atoms with Crippen molar-refractivity contribution in [3.05, 3.63) is 95.1 Å². The van der Waals surface area contributed by atoms with Crippen LogP contribution in [0, 0.1) is 0 Å². The largest absolute Gasteiger partial charge is 0.493 e. The van der Waals surface area contributed by atoms with Crippen molar-refractivity contribution >= 4 is 12.0 Å². The molecule has 7 heteroatoms. The quantitative estimate of drug-likeness (QED) is 0.278. The lowest BCUT2D eigenvalue weighted by molar-refractivity contribution is 0.0752. The first-order valence-electron chi connectivity index (χ1n) is 14.3. The molecule has 3 aromatic rings. The summed E-state index contributed by atoms with van der Waals surface area (Å²) in [7, 11) is 4.69. The first kappa shape index (κ1) is 30.2. The number of ether oxygens (including phenoxy) is 3. The van der Waals surface area contributed by atoms with Crippen LogP contribution in [0.1, 0.15) is 34.8 Å². The molecule has 1 amide bonds. The summed E-state index contributed by atoms with van der Waals surface area (Å²) in [6, 6.07) is 24.3. The molecule has 1 saturated heterocycles. The minimum atomic E-state index is -0.0576. The van der Waals surface area contributed by atoms with Gasteiger partial charge in [0, 0.05) is 51.4 Å². The van der Waals surface area contributed by atoms with Gasteiger partial charge in [-0.25, -0.2) is 0 Å². The molecule has 1 heterocycles. The SMILES string of the molecule is COc1cc(C(=O)N(CCCN2CCN(Cc3ccccc3)CC2)C/C(C)=C/c2ccccc2)cc(OC)c1OC. The number of amides is 1. The first-order valence-corrected chi connectivity index (χ1v) is 14.3. The number of hydrogen-bond donors (Lipinski definition) is 0. The number of rotatable bonds is 13. The van der Waals surface area contributed by atoms with Crippen LogP contribution in [-0.4, -0.2) is 87.7 Å². The van der Waals surface area contributed by atoms with Gasteiger partial charge in [0.1, 0.15) is 0 Å². The number of nitrogens with zero attached hydrogens (tertiary/aromatic N) is 3. The molecule has 0 spiro atoms. The van der Waals surface area contributed by atoms with Crippen molar-refractivity contribution in [2.75, 3.05) is 67.1 Å². The molecule has 1 aliphatic rings. The number of benzene rings is 3. The van der Waals surface area contributed by atoms with E-state index in [1.54, 1.807) is 33.5 Å². The summed E-state index contributed by atoms with van der Waals surface area (Å²) < 4.78 is 16.5. The van der Waals surface area contributed by atoms with E-state index in [9.17, 15) is 4.79 Å². The van der Waals surface area contributed by atoms with Crippen LogP contribution >= 0.6 is 0 Å². The standard InChI is InChI=1S/C34H43N3O4/c1-27(22-28-12-7-5-8-13-28)25-37(34(38)30-23-31(39-2)33(41-4)32(24-30)40-3)17-11-16-35-18-20-36(21-19-35)26-29-14-9-6-10-15-29/h5-10,12-15,22-24H,11,16-21,25-26H2,1-4H3/b27-22+. The fraction of sp³-hybridized carbons (Fsp3) is 0.382. The van der Waals surface area contributed by atoms with Crippen molar-refractivity contribution < 1.29 is 19.0 Å². The molecule has 0 unspecified atom stereocenters. The van der Waals surface area contributed by atoms with Gasteiger partial charge in [0.25, 0.3) is 5.91 Å². The molecule has 4 rings (SSSR count). The van der Waals surface area contributed by atoms with E-state index in [1.807, 2.05) is 23.1 Å². The fourth-order valence-electron chi connectivity index (χ4n) is 5.32. The van der Waals surface area contributed by atoms with E-state index in [2.05, 4.69) is 65.3 Å². The highest BCUT2D eigenvalue weighted by atomic mass is 16.5. The van der Waals surface area contributed by atoms with Crippen LogP contribution in [0.5, 0.6) is 17.2 Å². The van der Waals surface area contributed by atoms with E-state index in [-0.39, 0.29) is 5.91 Å². The lowest BCUT2D eigenvalue weighted by Gasteiger charge is -2.35. The number of methoxy groups -OCH3 is 3. The summed E-state index contributed by atoms with van der Waals surface area (Å²) in [4.78, 5) is 20.9. The fourth-order valence-corrected chi connectivity index (χ4v) is 5.32. The van der Waals surface area contributed by atoms with Gasteiger partial charge in [0.15, 0.2) is 11.5 Å². The highest BCUT2D eigenvalue weighted by Gasteiger charge is 2.22. The Hall–Kier alpha value is -3.81. The van der Waals surface area contributed by atoms with Crippen molar-refractivity contribution in [1.82, 2.24) is 14.7 Å². The number of carbonyl (C=O) groups is 1. The number of hydrogen-bond acceptors (Lipinski definition) is 6. The Morgan fingerprint density at radius 2 is 1.41 bits per heavy atom. The predicted octanol–water partition coefficient (Wildman–Crippen LogP) is 5.47. The van der Waals surface area contributed by atoms with Gasteiger partial charge in [-0.1, -0.05) is 72.3 Å². The maximum absolute atomic E-state index is 13.9. The number of piperazine rings is 1. The molecule has 0 aromatic heterocycles. The zero-order valence-corrected chi connectivity index (χ0v) is 24.8. The van der Waals surface area contributed by atoms with Crippen molar-refractivity contribution in [3.63, 3.8) is 0 Å². The minimum Gasteiger partial charge on any atom is -0.493 e. The summed E-state index contributed by atoms with van der Waals surface area (Å²) in [5, 5.41) is 0.